The van der Waals surface area contributed by atoms with Gasteiger partial charge in [0.2, 0.25) is 0 Å². The second-order valence-electron chi connectivity index (χ2n) is 0. The van der Waals surface area contributed by atoms with Crippen LogP contribution in [0.4, 0.5) is 0 Å². The average molecular weight is 92.0 g/mol. The van der Waals surface area contributed by atoms with Gasteiger partial charge in [-0.1, -0.05) is 0 Å². The summed E-state index contributed by atoms with van der Waals surface area (Å²) in [6, 6.07) is 0. The summed E-state index contributed by atoms with van der Waals surface area (Å²) in [6.07, 6.45) is 0. The Morgan fingerprint density at radius 1 is 1.00 bits per heavy atom. The van der Waals surface area contributed by atoms with E-state index in [1.165, 1.54) is 0 Å². The third-order valence-electron chi connectivity index (χ3n) is 0. The molecule has 0 spiro atoms. The molecule has 0 aliphatic heterocycles. The molecule has 0 aliphatic rings. The normalized spacial score (nSPS) is 1.50. The summed E-state index contributed by atoms with van der Waals surface area (Å²) in [4.78, 5) is 3.25. The molecule has 0 nitrogen and oxygen atoms in total. The molecule has 24 valence electrons. The standard InChI is InChI=1S/2CH3.CH2.Ti/h2*1H3;1H2;/q2*-1;;+2. The van der Waals surface area contributed by atoms with E-state index in [4.69, 9.17) is 0 Å². The topological polar surface area (TPSA) is 0 Å². The van der Waals surface area contributed by atoms with Crippen molar-refractivity contribution in [2.24, 2.45) is 0 Å². The molecule has 0 heterocycles. The molecule has 0 radical (unpaired) electrons. The second kappa shape index (κ2) is 70.1. The first-order chi connectivity index (χ1) is 1.00. The van der Waals surface area contributed by atoms with Crippen LogP contribution in [0.15, 0.2) is 0 Å². The molecule has 0 aromatic heterocycles. The van der Waals surface area contributed by atoms with Gasteiger partial charge in [-0.2, -0.15) is 0 Å². The van der Waals surface area contributed by atoms with Crippen molar-refractivity contribution in [3.63, 3.8) is 0 Å². The predicted molar refractivity (Wildman–Crippen MR) is 19.9 cm³/mol. The molecular formula is C3H8Ti. The molecule has 0 atom stereocenters. The van der Waals surface area contributed by atoms with Crippen LogP contribution in [0, 0.1) is 14.9 Å². The predicted octanol–water partition coefficient (Wildman–Crippen LogP) is 0.866. The van der Waals surface area contributed by atoms with Crippen molar-refractivity contribution in [1.82, 2.24) is 0 Å². The third-order valence-corrected chi connectivity index (χ3v) is 0. The smallest absolute Gasteiger partial charge is 0.358 e. The van der Waals surface area contributed by atoms with Gasteiger partial charge in [0, 0.05) is 0 Å². The maximum atomic E-state index is 3.25. The largest absolute Gasteiger partial charge is 0.358 e. The van der Waals surface area contributed by atoms with Crippen LogP contribution in [0.3, 0.4) is 0 Å². The number of rotatable bonds is 0. The fourth-order valence-corrected chi connectivity index (χ4v) is 0. The van der Waals surface area contributed by atoms with Crippen molar-refractivity contribution < 1.29 is 20.0 Å². The summed E-state index contributed by atoms with van der Waals surface area (Å²) in [7, 11) is 0. The zero-order valence-electron chi connectivity index (χ0n) is 3.21. The van der Waals surface area contributed by atoms with Crippen LogP contribution in [0.5, 0.6) is 0 Å². The molecule has 0 unspecified atom stereocenters. The van der Waals surface area contributed by atoms with E-state index >= 15 is 0 Å². The van der Waals surface area contributed by atoms with E-state index in [0.29, 0.717) is 0 Å². The van der Waals surface area contributed by atoms with Gasteiger partial charge in [-0.3, -0.25) is 0 Å². The molecule has 1 heteroatoms. The Bertz CT molecular complexity index is 3.25. The Morgan fingerprint density at radius 3 is 1.00 bits per heavy atom. The van der Waals surface area contributed by atoms with E-state index in [1.54, 1.807) is 20.0 Å². The van der Waals surface area contributed by atoms with Crippen molar-refractivity contribution in [2.75, 3.05) is 0 Å². The van der Waals surface area contributed by atoms with Crippen LogP contribution in [0.1, 0.15) is 0 Å². The van der Waals surface area contributed by atoms with E-state index in [0.717, 1.165) is 0 Å². The molecule has 0 saturated carbocycles. The summed E-state index contributed by atoms with van der Waals surface area (Å²) < 4.78 is 0. The summed E-state index contributed by atoms with van der Waals surface area (Å²) in [5.74, 6) is 0. The number of hydrogen-bond donors (Lipinski definition) is 0. The SMILES string of the molecule is [CH2]=[Ti+2].[CH3-].[CH3-]. The van der Waals surface area contributed by atoms with E-state index < -0.39 is 0 Å². The van der Waals surface area contributed by atoms with Crippen molar-refractivity contribution in [2.45, 2.75) is 0 Å². The minimum absolute atomic E-state index is 0. The summed E-state index contributed by atoms with van der Waals surface area (Å²) >= 11 is 1.75. The quantitative estimate of drug-likeness (QED) is 0.307. The number of hydrogen-bond acceptors (Lipinski definition) is 0. The average Bonchev–Trinajstić information content (AvgIpc) is 1.00. The first-order valence-electron chi connectivity index (χ1n) is 0.354. The first kappa shape index (κ1) is 23.5. The minimum atomic E-state index is 0. The van der Waals surface area contributed by atoms with Crippen LogP contribution in [0.2, 0.25) is 0 Å². The van der Waals surface area contributed by atoms with Crippen molar-refractivity contribution in [3.05, 3.63) is 14.9 Å². The van der Waals surface area contributed by atoms with E-state index in [1.807, 2.05) is 0 Å². The van der Waals surface area contributed by atoms with Gasteiger partial charge in [0.05, 0.1) is 0 Å². The van der Waals surface area contributed by atoms with Crippen molar-refractivity contribution in [1.29, 1.82) is 0 Å². The summed E-state index contributed by atoms with van der Waals surface area (Å²) in [5.41, 5.74) is 0. The molecule has 0 fully saturated rings. The molecule has 4 heavy (non-hydrogen) atoms. The molecule has 0 amide bonds. The molecule has 0 rings (SSSR count). The summed E-state index contributed by atoms with van der Waals surface area (Å²) in [5, 5.41) is 0. The van der Waals surface area contributed by atoms with Crippen LogP contribution in [0.25, 0.3) is 0 Å². The van der Waals surface area contributed by atoms with Gasteiger partial charge in [0.25, 0.3) is 0 Å². The van der Waals surface area contributed by atoms with Gasteiger partial charge in [-0.05, 0) is 0 Å². The first-order valence-corrected chi connectivity index (χ1v) is 1.46. The Morgan fingerprint density at radius 2 is 1.00 bits per heavy atom. The van der Waals surface area contributed by atoms with Gasteiger partial charge in [0.15, 0.2) is 0 Å². The molecule has 0 aromatic carbocycles. The Balaban J connectivity index is -0.00000000500. The van der Waals surface area contributed by atoms with E-state index in [-0.39, 0.29) is 14.9 Å². The van der Waals surface area contributed by atoms with Gasteiger partial charge in [-0.15, -0.1) is 0 Å². The molecule has 0 aliphatic carbocycles. The second-order valence-corrected chi connectivity index (χ2v) is 0. The van der Waals surface area contributed by atoms with Gasteiger partial charge in [-0.25, -0.2) is 0 Å². The van der Waals surface area contributed by atoms with Gasteiger partial charge < -0.3 is 14.9 Å². The fourth-order valence-electron chi connectivity index (χ4n) is 0. The molecule has 0 bridgehead atoms. The van der Waals surface area contributed by atoms with Crippen LogP contribution >= 0.6 is 0 Å². The molecule has 0 aromatic rings. The van der Waals surface area contributed by atoms with Crippen LogP contribution in [-0.2, 0) is 20.0 Å². The third kappa shape index (κ3) is 19.0. The van der Waals surface area contributed by atoms with Crippen molar-refractivity contribution >= 4 is 4.82 Å². The van der Waals surface area contributed by atoms with Crippen LogP contribution < -0.4 is 0 Å². The van der Waals surface area contributed by atoms with Gasteiger partial charge >= 0.3 is 24.8 Å². The minimum Gasteiger partial charge on any atom is -0.358 e. The van der Waals surface area contributed by atoms with Crippen LogP contribution in [-0.4, -0.2) is 4.82 Å². The Kier molecular flexibility index (Phi) is 411. The zero-order chi connectivity index (χ0) is 2.00. The molecule has 0 saturated heterocycles. The Hall–Kier alpha value is 0.584. The van der Waals surface area contributed by atoms with Crippen molar-refractivity contribution in [3.8, 4) is 0 Å². The maximum Gasteiger partial charge on any atom is -0.358 e. The van der Waals surface area contributed by atoms with E-state index in [9.17, 15) is 0 Å². The maximum absolute atomic E-state index is 3.25. The zero-order valence-corrected chi connectivity index (χ0v) is 4.77. The monoisotopic (exact) mass is 92.0 g/mol. The summed E-state index contributed by atoms with van der Waals surface area (Å²) in [6.45, 7) is 0. The molecular weight excluding hydrogens is 83.9 g/mol. The van der Waals surface area contributed by atoms with Gasteiger partial charge in [0.1, 0.15) is 0 Å². The Labute approximate surface area is 40.1 Å². The molecule has 0 N–H and O–H groups in total. The van der Waals surface area contributed by atoms with E-state index in [2.05, 4.69) is 4.82 Å². The fraction of sp³-hybridized carbons (Fsp3) is 0.